The quantitative estimate of drug-likeness (QED) is 0.287. The molecule has 3 amide bonds. The van der Waals surface area contributed by atoms with Gasteiger partial charge in [-0.25, -0.2) is 4.98 Å². The highest BCUT2D eigenvalue weighted by atomic mass is 16.5. The number of amides is 3. The number of methoxy groups -OCH3 is 1. The molecule has 0 bridgehead atoms. The average molecular weight is 572 g/mol. The van der Waals surface area contributed by atoms with Gasteiger partial charge in [0.2, 0.25) is 5.91 Å². The third kappa shape index (κ3) is 6.24. The number of carbonyl (C=O) groups is 3. The number of dihydropyridines is 1. The number of carbonyl (C=O) groups excluding carboxylic acids is 3. The number of ether oxygens (including phenoxy) is 1. The third-order valence-electron chi connectivity index (χ3n) is 6.93. The van der Waals surface area contributed by atoms with Gasteiger partial charge in [-0.05, 0) is 30.6 Å². The number of imidazole rings is 1. The Morgan fingerprint density at radius 3 is 2.62 bits per heavy atom. The van der Waals surface area contributed by atoms with Crippen molar-refractivity contribution in [2.24, 2.45) is 13.0 Å². The smallest absolute Gasteiger partial charge is 0.273 e. The minimum Gasteiger partial charge on any atom is -0.494 e. The van der Waals surface area contributed by atoms with Gasteiger partial charge in [-0.3, -0.25) is 14.4 Å². The first-order valence-electron chi connectivity index (χ1n) is 13.5. The molecule has 13 heteroatoms. The van der Waals surface area contributed by atoms with E-state index < -0.39 is 5.91 Å². The minimum atomic E-state index is -0.435. The average Bonchev–Trinajstić information content (AvgIpc) is 3.78. The molecule has 0 unspecified atom stereocenters. The van der Waals surface area contributed by atoms with Crippen molar-refractivity contribution in [3.8, 4) is 5.75 Å². The molecular weight excluding hydrogens is 538 g/mol. The number of aryl methyl sites for hydroxylation is 1. The molecule has 42 heavy (non-hydrogen) atoms. The lowest BCUT2D eigenvalue weighted by Gasteiger charge is -2.23. The fraction of sp³-hybridized carbons (Fsp3) is 0.310. The molecule has 5 rings (SSSR count). The Hall–Kier alpha value is -5.20. The predicted octanol–water partition coefficient (Wildman–Crippen LogP) is 2.20. The zero-order valence-electron chi connectivity index (χ0n) is 23.9. The maximum atomic E-state index is 13.0. The summed E-state index contributed by atoms with van der Waals surface area (Å²) >= 11 is 0. The molecule has 13 nitrogen and oxygen atoms in total. The van der Waals surface area contributed by atoms with Crippen LogP contribution in [0.1, 0.15) is 34.6 Å². The van der Waals surface area contributed by atoms with Gasteiger partial charge < -0.3 is 35.5 Å². The van der Waals surface area contributed by atoms with E-state index >= 15 is 0 Å². The van der Waals surface area contributed by atoms with Crippen LogP contribution in [0.25, 0.3) is 5.57 Å². The Morgan fingerprint density at radius 2 is 1.98 bits per heavy atom. The monoisotopic (exact) mass is 571 g/mol. The molecule has 0 spiro atoms. The van der Waals surface area contributed by atoms with Crippen LogP contribution in [-0.4, -0.2) is 70.1 Å². The van der Waals surface area contributed by atoms with Crippen molar-refractivity contribution < 1.29 is 19.1 Å². The van der Waals surface area contributed by atoms with Gasteiger partial charge >= 0.3 is 0 Å². The lowest BCUT2D eigenvalue weighted by atomic mass is 10.0. The van der Waals surface area contributed by atoms with E-state index in [4.69, 9.17) is 4.74 Å². The van der Waals surface area contributed by atoms with Gasteiger partial charge in [-0.1, -0.05) is 18.2 Å². The summed E-state index contributed by atoms with van der Waals surface area (Å²) in [4.78, 5) is 43.7. The van der Waals surface area contributed by atoms with Crippen LogP contribution < -0.4 is 26.0 Å². The van der Waals surface area contributed by atoms with E-state index in [0.29, 0.717) is 35.9 Å². The van der Waals surface area contributed by atoms with Gasteiger partial charge in [0.25, 0.3) is 11.8 Å². The summed E-state index contributed by atoms with van der Waals surface area (Å²) in [5.41, 5.74) is 3.97. The van der Waals surface area contributed by atoms with E-state index in [9.17, 15) is 14.4 Å². The number of aromatic nitrogens is 4. The Bertz CT molecular complexity index is 1590. The van der Waals surface area contributed by atoms with Gasteiger partial charge in [-0.15, -0.1) is 10.2 Å². The van der Waals surface area contributed by atoms with E-state index in [2.05, 4.69) is 36.4 Å². The Morgan fingerprint density at radius 1 is 1.17 bits per heavy atom. The normalized spacial score (nSPS) is 14.2. The highest BCUT2D eigenvalue weighted by molar-refractivity contribution is 6.00. The standard InChI is InChI=1S/C29H33N9O4/c1-30-28(40)25-23(12-24(35-36-25)34-27(39)17-8-9-17)33-21-7-5-6-20(26(21)42-4)18-10-11-22(31-13-18)29(41)38(3)15-19-14-37(2)16-32-19/h5-7,10-12,14,16-17,31H,8-9,13,15H2,1-4H3,(H,30,40)(H2,33,34,35,39). The van der Waals surface area contributed by atoms with Crippen LogP contribution in [0.2, 0.25) is 0 Å². The van der Waals surface area contributed by atoms with Crippen LogP contribution in [0.5, 0.6) is 5.75 Å². The van der Waals surface area contributed by atoms with Crippen molar-refractivity contribution in [2.45, 2.75) is 19.4 Å². The van der Waals surface area contributed by atoms with E-state index in [-0.39, 0.29) is 29.2 Å². The molecular formula is C29H33N9O4. The summed E-state index contributed by atoms with van der Waals surface area (Å²) in [6.07, 6.45) is 8.91. The second-order valence-corrected chi connectivity index (χ2v) is 10.2. The van der Waals surface area contributed by atoms with Crippen molar-refractivity contribution in [1.82, 2.24) is 35.3 Å². The second kappa shape index (κ2) is 12.1. The van der Waals surface area contributed by atoms with Crippen LogP contribution in [-0.2, 0) is 23.2 Å². The lowest BCUT2D eigenvalue weighted by Crippen LogP contribution is -2.35. The van der Waals surface area contributed by atoms with Gasteiger partial charge in [0.05, 0.1) is 37.1 Å². The van der Waals surface area contributed by atoms with Crippen LogP contribution >= 0.6 is 0 Å². The Balaban J connectivity index is 1.38. The highest BCUT2D eigenvalue weighted by Gasteiger charge is 2.30. The maximum absolute atomic E-state index is 13.0. The van der Waals surface area contributed by atoms with Gasteiger partial charge in [0.1, 0.15) is 11.4 Å². The largest absolute Gasteiger partial charge is 0.494 e. The van der Waals surface area contributed by atoms with Crippen LogP contribution in [0.4, 0.5) is 17.2 Å². The number of nitrogens with one attached hydrogen (secondary N) is 4. The summed E-state index contributed by atoms with van der Waals surface area (Å²) in [5, 5.41) is 19.9. The van der Waals surface area contributed by atoms with Gasteiger partial charge in [0, 0.05) is 51.4 Å². The molecule has 2 aliphatic rings. The molecule has 1 saturated carbocycles. The molecule has 0 saturated heterocycles. The van der Waals surface area contributed by atoms with Crippen molar-refractivity contribution in [3.63, 3.8) is 0 Å². The number of hydrogen-bond donors (Lipinski definition) is 4. The molecule has 0 radical (unpaired) electrons. The zero-order chi connectivity index (χ0) is 29.8. The maximum Gasteiger partial charge on any atom is 0.273 e. The molecule has 1 aliphatic heterocycles. The van der Waals surface area contributed by atoms with Crippen LogP contribution in [0.15, 0.2) is 54.6 Å². The molecule has 1 aliphatic carbocycles. The van der Waals surface area contributed by atoms with E-state index in [1.54, 1.807) is 37.5 Å². The third-order valence-corrected chi connectivity index (χ3v) is 6.93. The molecule has 0 atom stereocenters. The van der Waals surface area contributed by atoms with Crippen molar-refractivity contribution >= 4 is 40.5 Å². The predicted molar refractivity (Wildman–Crippen MR) is 157 cm³/mol. The SMILES string of the molecule is CNC(=O)c1nnc(NC(=O)C2CC2)cc1Nc1cccc(C2=CC=C(C(=O)N(C)Cc3cn(C)cn3)NC2)c1OC. The van der Waals surface area contributed by atoms with Crippen LogP contribution in [0, 0.1) is 5.92 Å². The number of rotatable bonds is 10. The zero-order valence-corrected chi connectivity index (χ0v) is 23.9. The topological polar surface area (TPSA) is 155 Å². The molecule has 3 heterocycles. The van der Waals surface area contributed by atoms with Crippen LogP contribution in [0.3, 0.4) is 0 Å². The number of allylic oxidation sites excluding steroid dienone is 2. The summed E-state index contributed by atoms with van der Waals surface area (Å²) in [6.45, 7) is 0.789. The summed E-state index contributed by atoms with van der Waals surface area (Å²) in [6, 6.07) is 7.16. The number of hydrogen-bond acceptors (Lipinski definition) is 9. The summed E-state index contributed by atoms with van der Waals surface area (Å²) in [7, 11) is 6.68. The number of nitrogens with zero attached hydrogens (tertiary/aromatic N) is 5. The van der Waals surface area contributed by atoms with Crippen molar-refractivity contribution in [3.05, 3.63) is 71.6 Å². The molecule has 1 fully saturated rings. The van der Waals surface area contributed by atoms with Crippen molar-refractivity contribution in [1.29, 1.82) is 0 Å². The number of para-hydroxylation sites is 1. The molecule has 2 aromatic heterocycles. The van der Waals surface area contributed by atoms with E-state index in [1.165, 1.54) is 7.05 Å². The summed E-state index contributed by atoms with van der Waals surface area (Å²) < 4.78 is 7.64. The number of benzene rings is 1. The minimum absolute atomic E-state index is 0.0119. The fourth-order valence-corrected chi connectivity index (χ4v) is 4.55. The number of anilines is 3. The highest BCUT2D eigenvalue weighted by Crippen LogP contribution is 2.37. The molecule has 3 aromatic rings. The van der Waals surface area contributed by atoms with Crippen molar-refractivity contribution in [2.75, 3.05) is 38.4 Å². The first kappa shape index (κ1) is 28.3. The molecule has 4 N–H and O–H groups in total. The molecule has 1 aromatic carbocycles. The van der Waals surface area contributed by atoms with E-state index in [1.807, 2.05) is 42.1 Å². The first-order valence-corrected chi connectivity index (χ1v) is 13.5. The lowest BCUT2D eigenvalue weighted by molar-refractivity contribution is -0.126. The number of likely N-dealkylation sites (N-methyl/N-ethyl adjacent to an activating group) is 1. The molecule has 218 valence electrons. The summed E-state index contributed by atoms with van der Waals surface area (Å²) in [5.74, 6) is 0.0655. The Labute approximate surface area is 243 Å². The Kier molecular flexibility index (Phi) is 8.18. The second-order valence-electron chi connectivity index (χ2n) is 10.2. The van der Waals surface area contributed by atoms with Gasteiger partial charge in [0.15, 0.2) is 11.5 Å². The van der Waals surface area contributed by atoms with Gasteiger partial charge in [-0.2, -0.15) is 0 Å². The van der Waals surface area contributed by atoms with E-state index in [0.717, 1.165) is 29.7 Å². The first-order chi connectivity index (χ1) is 20.3. The fourth-order valence-electron chi connectivity index (χ4n) is 4.55.